The molecular formula is C8H10IN. The first-order valence-corrected chi connectivity index (χ1v) is 4.26. The lowest BCUT2D eigenvalue weighted by molar-refractivity contribution is 0.968. The molecule has 10 heavy (non-hydrogen) atoms. The number of hydrogen-bond acceptors (Lipinski definition) is 1. The maximum atomic E-state index is 6.88. The maximum absolute atomic E-state index is 6.88. The fraction of sp³-hybridized carbons (Fsp3) is 0.250. The van der Waals surface area contributed by atoms with Crippen molar-refractivity contribution in [2.45, 2.75) is 6.42 Å². The molecule has 1 aromatic carbocycles. The molecule has 0 fully saturated rings. The molecule has 0 saturated carbocycles. The second-order valence-corrected chi connectivity index (χ2v) is 3.35. The Balaban J connectivity index is 2.52. The van der Waals surface area contributed by atoms with Crippen LogP contribution in [0.2, 0.25) is 2.82 Å². The van der Waals surface area contributed by atoms with Gasteiger partial charge >= 0.3 is 0 Å². The van der Waals surface area contributed by atoms with Gasteiger partial charge in [-0.2, -0.15) is 0 Å². The highest BCUT2D eigenvalue weighted by Gasteiger charge is 1.90. The first-order valence-electron chi connectivity index (χ1n) is 4.07. The summed E-state index contributed by atoms with van der Waals surface area (Å²) in [6.07, 6.45) is 0.768. The van der Waals surface area contributed by atoms with E-state index in [9.17, 15) is 0 Å². The summed E-state index contributed by atoms with van der Waals surface area (Å²) in [5.74, 6) is 0. The van der Waals surface area contributed by atoms with Gasteiger partial charge in [-0.15, -0.1) is 0 Å². The van der Waals surface area contributed by atoms with E-state index in [1.54, 1.807) is 0 Å². The van der Waals surface area contributed by atoms with Gasteiger partial charge in [0.15, 0.2) is 0 Å². The summed E-state index contributed by atoms with van der Waals surface area (Å²) in [5.41, 5.74) is 1.89. The minimum absolute atomic E-state index is 0.458. The lowest BCUT2D eigenvalue weighted by atomic mass is 10.2. The zero-order valence-electron chi connectivity index (χ0n) is 7.55. The molecule has 0 aliphatic carbocycles. The van der Waals surface area contributed by atoms with Gasteiger partial charge in [0.05, 0.1) is 0 Å². The van der Waals surface area contributed by atoms with Crippen LogP contribution in [0.4, 0.5) is 0 Å². The average molecular weight is 249 g/mol. The smallest absolute Gasteiger partial charge is 0.118 e. The molecule has 0 amide bonds. The van der Waals surface area contributed by atoms with E-state index in [1.165, 1.54) is 9.13 Å². The summed E-state index contributed by atoms with van der Waals surface area (Å²) in [6, 6.07) is 8.12. The van der Waals surface area contributed by atoms with E-state index in [0.717, 1.165) is 6.42 Å². The summed E-state index contributed by atoms with van der Waals surface area (Å²) in [6.45, 7) is 0.458. The van der Waals surface area contributed by atoms with Crippen molar-refractivity contribution in [3.8, 4) is 0 Å². The van der Waals surface area contributed by atoms with E-state index in [1.807, 2.05) is 18.2 Å². The minimum Gasteiger partial charge on any atom is -0.330 e. The van der Waals surface area contributed by atoms with Gasteiger partial charge in [-0.25, -0.2) is 0 Å². The van der Waals surface area contributed by atoms with E-state index in [0.29, 0.717) is 12.3 Å². The monoisotopic (exact) mass is 249 g/mol. The molecule has 0 saturated heterocycles. The van der Waals surface area contributed by atoms with E-state index in [2.05, 4.69) is 28.7 Å². The van der Waals surface area contributed by atoms with Crippen LogP contribution in [0.25, 0.3) is 0 Å². The number of rotatable bonds is 3. The fourth-order valence-corrected chi connectivity index (χ4v) is 1.43. The van der Waals surface area contributed by atoms with Crippen LogP contribution in [0.3, 0.4) is 0 Å². The summed E-state index contributed by atoms with van der Waals surface area (Å²) in [4.78, 5) is 0. The van der Waals surface area contributed by atoms with Crippen molar-refractivity contribution in [2.75, 3.05) is 6.54 Å². The molecule has 0 bridgehead atoms. The first-order chi connectivity index (χ1) is 5.68. The van der Waals surface area contributed by atoms with Crippen LogP contribution in [0, 0.1) is 3.57 Å². The number of halogens is 1. The Morgan fingerprint density at radius 2 is 2.50 bits per heavy atom. The third-order valence-electron chi connectivity index (χ3n) is 1.29. The highest BCUT2D eigenvalue weighted by molar-refractivity contribution is 14.1. The van der Waals surface area contributed by atoms with Gasteiger partial charge in [0.1, 0.15) is 2.82 Å². The van der Waals surface area contributed by atoms with Gasteiger partial charge in [0, 0.05) is 3.57 Å². The van der Waals surface area contributed by atoms with Gasteiger partial charge in [-0.3, -0.25) is 0 Å². The van der Waals surface area contributed by atoms with Crippen molar-refractivity contribution < 1.29 is 2.82 Å². The van der Waals surface area contributed by atoms with Crippen molar-refractivity contribution in [3.05, 3.63) is 33.4 Å². The molecule has 1 aromatic rings. The number of hydrogen-bond donors (Lipinski definition) is 1. The Hall–Kier alpha value is -0.0900. The standard InChI is InChI=1S/C8H10IN/c9-8-3-1-2-7(6-8)4-5-10/h1-3,6H,4-5,10H2/i/hD2. The van der Waals surface area contributed by atoms with Crippen molar-refractivity contribution in [3.63, 3.8) is 0 Å². The van der Waals surface area contributed by atoms with Crippen molar-refractivity contribution >= 4 is 22.6 Å². The van der Waals surface area contributed by atoms with E-state index in [-0.39, 0.29) is 0 Å². The molecule has 0 radical (unpaired) electrons. The Morgan fingerprint density at radius 1 is 1.60 bits per heavy atom. The van der Waals surface area contributed by atoms with Crippen molar-refractivity contribution in [2.24, 2.45) is 5.72 Å². The third-order valence-corrected chi connectivity index (χ3v) is 1.96. The Morgan fingerprint density at radius 3 is 3.20 bits per heavy atom. The maximum Gasteiger partial charge on any atom is 0.118 e. The predicted molar refractivity (Wildman–Crippen MR) is 51.9 cm³/mol. The van der Waals surface area contributed by atoms with Gasteiger partial charge in [0.2, 0.25) is 0 Å². The summed E-state index contributed by atoms with van der Waals surface area (Å²) in [7, 11) is 0. The normalized spacial score (nSPS) is 13.0. The summed E-state index contributed by atoms with van der Waals surface area (Å²) >= 11 is 2.26. The SMILES string of the molecule is [2H]N([2H])CCc1cccc(I)c1. The first kappa shape index (κ1) is 5.55. The van der Waals surface area contributed by atoms with Crippen molar-refractivity contribution in [1.82, 2.24) is 0 Å². The molecule has 0 spiro atoms. The van der Waals surface area contributed by atoms with Gasteiger partial charge in [0.25, 0.3) is 0 Å². The predicted octanol–water partition coefficient (Wildman–Crippen LogP) is 1.79. The molecular weight excluding hydrogens is 237 g/mol. The molecule has 2 N–H and O–H groups in total. The molecule has 0 unspecified atom stereocenters. The molecule has 0 aromatic heterocycles. The molecule has 0 atom stereocenters. The molecule has 0 heterocycles. The quantitative estimate of drug-likeness (QED) is 0.812. The zero-order valence-corrected chi connectivity index (χ0v) is 7.71. The minimum atomic E-state index is 0.458. The van der Waals surface area contributed by atoms with Gasteiger partial charge in [-0.05, 0) is 53.3 Å². The molecule has 0 aliphatic heterocycles. The molecule has 1 nitrogen and oxygen atoms in total. The highest BCUT2D eigenvalue weighted by atomic mass is 127. The molecule has 1 rings (SSSR count). The molecule has 0 aliphatic rings. The van der Waals surface area contributed by atoms with E-state index >= 15 is 0 Å². The average Bonchev–Trinajstić information content (AvgIpc) is 2.01. The van der Waals surface area contributed by atoms with Crippen LogP contribution >= 0.6 is 22.6 Å². The Kier molecular flexibility index (Phi) is 2.18. The lowest BCUT2D eigenvalue weighted by Gasteiger charge is -1.97. The van der Waals surface area contributed by atoms with Crippen LogP contribution in [0.5, 0.6) is 0 Å². The van der Waals surface area contributed by atoms with E-state index in [4.69, 9.17) is 2.82 Å². The van der Waals surface area contributed by atoms with Gasteiger partial charge in [-0.1, -0.05) is 12.1 Å². The number of nitrogens with two attached hydrogens (primary N) is 1. The van der Waals surface area contributed by atoms with Crippen LogP contribution in [0.1, 0.15) is 5.56 Å². The molecule has 2 heteroatoms. The second kappa shape index (κ2) is 3.93. The largest absolute Gasteiger partial charge is 0.330 e. The summed E-state index contributed by atoms with van der Waals surface area (Å²) in [5, 5.41) is 0. The second-order valence-electron chi connectivity index (χ2n) is 2.10. The summed E-state index contributed by atoms with van der Waals surface area (Å²) < 4.78 is 15.0. The topological polar surface area (TPSA) is 26.0 Å². The fourth-order valence-electron chi connectivity index (χ4n) is 0.822. The van der Waals surface area contributed by atoms with Crippen LogP contribution in [-0.2, 0) is 6.42 Å². The van der Waals surface area contributed by atoms with Crippen LogP contribution in [-0.4, -0.2) is 6.54 Å². The Bertz CT molecular complexity index is 253. The highest BCUT2D eigenvalue weighted by Crippen LogP contribution is 2.07. The van der Waals surface area contributed by atoms with Gasteiger partial charge < -0.3 is 5.72 Å². The zero-order chi connectivity index (χ0) is 8.97. The lowest BCUT2D eigenvalue weighted by Crippen LogP contribution is -2.02. The molecule has 54 valence electrons. The van der Waals surface area contributed by atoms with Crippen LogP contribution in [0.15, 0.2) is 24.3 Å². The third kappa shape index (κ3) is 2.27. The Labute approximate surface area is 77.7 Å². The van der Waals surface area contributed by atoms with E-state index < -0.39 is 0 Å². The van der Waals surface area contributed by atoms with Crippen molar-refractivity contribution in [1.29, 1.82) is 0 Å². The number of benzene rings is 1. The van der Waals surface area contributed by atoms with Crippen LogP contribution < -0.4 is 5.72 Å².